The number of nitrogens with zero attached hydrogens (tertiary/aromatic N) is 2. The van der Waals surface area contributed by atoms with Gasteiger partial charge in [-0.25, -0.2) is 4.39 Å². The van der Waals surface area contributed by atoms with Crippen LogP contribution in [0.2, 0.25) is 5.02 Å². The fourth-order valence-electron chi connectivity index (χ4n) is 4.05. The quantitative estimate of drug-likeness (QED) is 0.745. The number of carbonyl (C=O) groups excluding carboxylic acids is 3. The van der Waals surface area contributed by atoms with E-state index in [9.17, 15) is 18.8 Å². The highest BCUT2D eigenvalue weighted by Crippen LogP contribution is 2.26. The second-order valence-corrected chi connectivity index (χ2v) is 8.13. The number of fused-ring (bicyclic) bond motifs is 1. The minimum atomic E-state index is -0.711. The predicted molar refractivity (Wildman–Crippen MR) is 112 cm³/mol. The van der Waals surface area contributed by atoms with E-state index in [-0.39, 0.29) is 16.8 Å². The summed E-state index contributed by atoms with van der Waals surface area (Å²) in [5, 5.41) is 2.70. The van der Waals surface area contributed by atoms with Crippen LogP contribution in [-0.2, 0) is 27.2 Å². The molecule has 2 aromatic rings. The monoisotopic (exact) mass is 429 g/mol. The Bertz CT molecular complexity index is 1040. The van der Waals surface area contributed by atoms with E-state index in [1.54, 1.807) is 18.2 Å². The zero-order chi connectivity index (χ0) is 21.4. The van der Waals surface area contributed by atoms with Crippen LogP contribution in [0.1, 0.15) is 18.1 Å². The Morgan fingerprint density at radius 3 is 2.60 bits per heavy atom. The minimum absolute atomic E-state index is 0.0628. The average molecular weight is 430 g/mol. The number of hydrogen-bond donors (Lipinski definition) is 1. The molecule has 1 fully saturated rings. The summed E-state index contributed by atoms with van der Waals surface area (Å²) in [6.07, 6.45) is 0.778. The van der Waals surface area contributed by atoms with E-state index in [0.29, 0.717) is 43.9 Å². The van der Waals surface area contributed by atoms with Gasteiger partial charge in [0.05, 0.1) is 5.02 Å². The predicted octanol–water partition coefficient (Wildman–Crippen LogP) is 2.82. The Balaban J connectivity index is 1.38. The molecule has 0 saturated carbocycles. The highest BCUT2D eigenvalue weighted by atomic mass is 35.5. The van der Waals surface area contributed by atoms with Crippen molar-refractivity contribution in [2.75, 3.05) is 29.9 Å². The van der Waals surface area contributed by atoms with Gasteiger partial charge in [-0.3, -0.25) is 14.4 Å². The highest BCUT2D eigenvalue weighted by molar-refractivity contribution is 6.39. The number of amides is 2. The van der Waals surface area contributed by atoms with Crippen LogP contribution in [0.4, 0.5) is 15.8 Å². The van der Waals surface area contributed by atoms with Crippen molar-refractivity contribution in [3.63, 3.8) is 0 Å². The third-order valence-electron chi connectivity index (χ3n) is 5.58. The first-order valence-electron chi connectivity index (χ1n) is 9.77. The lowest BCUT2D eigenvalue weighted by Crippen LogP contribution is -2.55. The van der Waals surface area contributed by atoms with Gasteiger partial charge in [0.1, 0.15) is 11.6 Å². The van der Waals surface area contributed by atoms with Gasteiger partial charge in [0, 0.05) is 49.9 Å². The molecule has 0 aromatic heterocycles. The summed E-state index contributed by atoms with van der Waals surface area (Å²) in [5.74, 6) is -1.66. The molecule has 1 saturated heterocycles. The molecular formula is C22H21ClFN3O3. The zero-order valence-electron chi connectivity index (χ0n) is 16.5. The van der Waals surface area contributed by atoms with Gasteiger partial charge in [-0.1, -0.05) is 17.7 Å². The number of hydrogen-bond acceptors (Lipinski definition) is 4. The molecule has 4 rings (SSSR count). The number of nitrogens with one attached hydrogen (secondary N) is 1. The lowest BCUT2D eigenvalue weighted by molar-refractivity contribution is -0.143. The zero-order valence-corrected chi connectivity index (χ0v) is 17.2. The Labute approximate surface area is 178 Å². The van der Waals surface area contributed by atoms with Gasteiger partial charge in [0.15, 0.2) is 0 Å². The minimum Gasteiger partial charge on any atom is -0.365 e. The van der Waals surface area contributed by atoms with E-state index in [1.165, 1.54) is 17.0 Å². The Hall–Kier alpha value is -2.93. The van der Waals surface area contributed by atoms with Gasteiger partial charge in [-0.2, -0.15) is 0 Å². The molecule has 0 spiro atoms. The molecule has 8 heteroatoms. The van der Waals surface area contributed by atoms with Crippen molar-refractivity contribution >= 4 is 40.6 Å². The summed E-state index contributed by atoms with van der Waals surface area (Å²) in [7, 11) is 0. The maximum Gasteiger partial charge on any atom is 0.313 e. The van der Waals surface area contributed by atoms with Crippen LogP contribution < -0.4 is 10.2 Å². The molecular weight excluding hydrogens is 409 g/mol. The second kappa shape index (κ2) is 8.07. The summed E-state index contributed by atoms with van der Waals surface area (Å²) in [6, 6.07) is 9.80. The summed E-state index contributed by atoms with van der Waals surface area (Å²) >= 11 is 5.75. The molecule has 0 radical (unpaired) electrons. The first-order chi connectivity index (χ1) is 14.3. The Kier molecular flexibility index (Phi) is 5.47. The van der Waals surface area contributed by atoms with E-state index in [0.717, 1.165) is 11.1 Å². The van der Waals surface area contributed by atoms with Gasteiger partial charge in [0.25, 0.3) is 0 Å². The molecule has 156 valence electrons. The van der Waals surface area contributed by atoms with E-state index < -0.39 is 17.6 Å². The molecule has 2 aromatic carbocycles. The number of rotatable bonds is 2. The van der Waals surface area contributed by atoms with E-state index in [2.05, 4.69) is 5.32 Å². The van der Waals surface area contributed by atoms with Crippen molar-refractivity contribution in [1.82, 2.24) is 4.90 Å². The first kappa shape index (κ1) is 20.3. The van der Waals surface area contributed by atoms with Crippen molar-refractivity contribution in [3.05, 3.63) is 58.4 Å². The Morgan fingerprint density at radius 2 is 1.87 bits per heavy atom. The third kappa shape index (κ3) is 4.03. The summed E-state index contributed by atoms with van der Waals surface area (Å²) < 4.78 is 13.8. The summed E-state index contributed by atoms with van der Waals surface area (Å²) in [4.78, 5) is 40.2. The van der Waals surface area contributed by atoms with Crippen LogP contribution in [0.5, 0.6) is 0 Å². The number of piperazine rings is 1. The summed E-state index contributed by atoms with van der Waals surface area (Å²) in [5.41, 5.74) is 3.05. The van der Waals surface area contributed by atoms with Crippen molar-refractivity contribution in [1.29, 1.82) is 0 Å². The van der Waals surface area contributed by atoms with Crippen LogP contribution >= 0.6 is 11.6 Å². The number of benzene rings is 2. The standard InChI is InChI=1S/C22H21ClFN3O3/c1-13-12-26(6-7-27(13)17-4-5-19(23)20(24)11-17)22(30)21(29)25-16-3-2-14-9-18(28)10-15(14)8-16/h2-5,8,11,13H,6-7,9-10,12H2,1H3,(H,25,29)/t13-/m1/s1. The molecule has 0 bridgehead atoms. The van der Waals surface area contributed by atoms with E-state index in [1.807, 2.05) is 17.9 Å². The smallest absolute Gasteiger partial charge is 0.313 e. The summed E-state index contributed by atoms with van der Waals surface area (Å²) in [6.45, 7) is 3.08. The normalized spacial score (nSPS) is 18.4. The van der Waals surface area contributed by atoms with Crippen molar-refractivity contribution < 1.29 is 18.8 Å². The molecule has 2 amide bonds. The van der Waals surface area contributed by atoms with Gasteiger partial charge in [-0.05, 0) is 48.4 Å². The van der Waals surface area contributed by atoms with Crippen LogP contribution in [0.3, 0.4) is 0 Å². The molecule has 6 nitrogen and oxygen atoms in total. The maximum absolute atomic E-state index is 13.8. The molecule has 1 heterocycles. The molecule has 1 aliphatic heterocycles. The number of ketones is 1. The van der Waals surface area contributed by atoms with Gasteiger partial charge in [0.2, 0.25) is 0 Å². The highest BCUT2D eigenvalue weighted by Gasteiger charge is 2.30. The van der Waals surface area contributed by atoms with Crippen molar-refractivity contribution in [2.24, 2.45) is 0 Å². The fraction of sp³-hybridized carbons (Fsp3) is 0.318. The van der Waals surface area contributed by atoms with Crippen molar-refractivity contribution in [2.45, 2.75) is 25.8 Å². The number of carbonyl (C=O) groups is 3. The fourth-order valence-corrected chi connectivity index (χ4v) is 4.16. The number of Topliss-reactive ketones (excluding diaryl/α,β-unsaturated/α-hetero) is 1. The van der Waals surface area contributed by atoms with Crippen molar-refractivity contribution in [3.8, 4) is 0 Å². The number of halogens is 2. The van der Waals surface area contributed by atoms with E-state index >= 15 is 0 Å². The largest absolute Gasteiger partial charge is 0.365 e. The molecule has 0 unspecified atom stereocenters. The number of anilines is 2. The van der Waals surface area contributed by atoms with Crippen LogP contribution in [0, 0.1) is 5.82 Å². The molecule has 2 aliphatic rings. The lowest BCUT2D eigenvalue weighted by Gasteiger charge is -2.41. The molecule has 30 heavy (non-hydrogen) atoms. The SMILES string of the molecule is C[C@@H]1CN(C(=O)C(=O)Nc2ccc3c(c2)CC(=O)C3)CCN1c1ccc(Cl)c(F)c1. The van der Waals surface area contributed by atoms with Crippen LogP contribution in [0.25, 0.3) is 0 Å². The van der Waals surface area contributed by atoms with Gasteiger partial charge < -0.3 is 15.1 Å². The van der Waals surface area contributed by atoms with Gasteiger partial charge in [-0.15, -0.1) is 0 Å². The van der Waals surface area contributed by atoms with Gasteiger partial charge >= 0.3 is 11.8 Å². The first-order valence-corrected chi connectivity index (χ1v) is 10.1. The second-order valence-electron chi connectivity index (χ2n) is 7.72. The molecule has 1 N–H and O–H groups in total. The Morgan fingerprint density at radius 1 is 1.10 bits per heavy atom. The molecule has 1 atom stereocenters. The molecule has 1 aliphatic carbocycles. The maximum atomic E-state index is 13.8. The third-order valence-corrected chi connectivity index (χ3v) is 5.89. The lowest BCUT2D eigenvalue weighted by atomic mass is 10.1. The topological polar surface area (TPSA) is 69.7 Å². The van der Waals surface area contributed by atoms with E-state index in [4.69, 9.17) is 11.6 Å². The average Bonchev–Trinajstić information content (AvgIpc) is 3.08. The van der Waals surface area contributed by atoms with Crippen LogP contribution in [-0.4, -0.2) is 48.2 Å². The van der Waals surface area contributed by atoms with Crippen LogP contribution in [0.15, 0.2) is 36.4 Å².